The van der Waals surface area contributed by atoms with Crippen LogP contribution in [-0.4, -0.2) is 44.0 Å². The van der Waals surface area contributed by atoms with Gasteiger partial charge in [0.2, 0.25) is 0 Å². The number of aliphatic imine (C=N–C) groups is 1. The molecule has 0 heterocycles. The normalized spacial score (nSPS) is 10.6. The van der Waals surface area contributed by atoms with Gasteiger partial charge in [0.05, 0.1) is 0 Å². The van der Waals surface area contributed by atoms with Crippen LogP contribution in [0.15, 0.2) is 29.3 Å². The number of carbonyl (C=O) groups is 1. The van der Waals surface area contributed by atoms with Gasteiger partial charge < -0.3 is 16.0 Å². The number of hydrogen-bond acceptors (Lipinski definition) is 3. The Morgan fingerprint density at radius 1 is 1.27 bits per heavy atom. The average molecular weight is 436 g/mol. The van der Waals surface area contributed by atoms with E-state index in [0.717, 1.165) is 23.8 Å². The van der Waals surface area contributed by atoms with Crippen LogP contribution in [0, 0.1) is 0 Å². The summed E-state index contributed by atoms with van der Waals surface area (Å²) < 4.78 is 0. The van der Waals surface area contributed by atoms with E-state index in [9.17, 15) is 4.79 Å². The van der Waals surface area contributed by atoms with Crippen LogP contribution in [0.3, 0.4) is 0 Å². The van der Waals surface area contributed by atoms with Crippen LogP contribution in [0.5, 0.6) is 0 Å². The zero-order valence-electron chi connectivity index (χ0n) is 13.3. The molecule has 0 spiro atoms. The van der Waals surface area contributed by atoms with Gasteiger partial charge in [-0.2, -0.15) is 11.8 Å². The molecule has 0 aromatic heterocycles. The fraction of sp³-hybridized carbons (Fsp3) is 0.467. The monoisotopic (exact) mass is 436 g/mol. The van der Waals surface area contributed by atoms with Crippen molar-refractivity contribution in [3.63, 3.8) is 0 Å². The van der Waals surface area contributed by atoms with Crippen LogP contribution in [0.25, 0.3) is 0 Å². The molecular formula is C15H25IN4OS. The lowest BCUT2D eigenvalue weighted by Gasteiger charge is -2.12. The van der Waals surface area contributed by atoms with E-state index < -0.39 is 0 Å². The predicted octanol–water partition coefficient (Wildman–Crippen LogP) is 2.08. The van der Waals surface area contributed by atoms with Crippen molar-refractivity contribution in [3.8, 4) is 0 Å². The minimum atomic E-state index is -0.0400. The Morgan fingerprint density at radius 2 is 2.05 bits per heavy atom. The highest BCUT2D eigenvalue weighted by Gasteiger charge is 2.05. The third-order valence-electron chi connectivity index (χ3n) is 2.81. The Hall–Kier alpha value is -0.960. The van der Waals surface area contributed by atoms with Crippen molar-refractivity contribution in [2.45, 2.75) is 13.5 Å². The molecule has 0 bridgehead atoms. The summed E-state index contributed by atoms with van der Waals surface area (Å²) >= 11 is 1.79. The van der Waals surface area contributed by atoms with Gasteiger partial charge in [0.15, 0.2) is 5.96 Å². The molecule has 0 saturated heterocycles. The standard InChI is InChI=1S/C15H24N4OS.HI/c1-4-17-14(20)13-7-5-6-12(10-13)11-19-15(16-2)18-8-9-21-3;/h5-7,10H,4,8-9,11H2,1-3H3,(H,17,20)(H2,16,18,19);1H. The number of carbonyl (C=O) groups excluding carboxylic acids is 1. The number of nitrogens with one attached hydrogen (secondary N) is 3. The van der Waals surface area contributed by atoms with Gasteiger partial charge in [-0.1, -0.05) is 12.1 Å². The van der Waals surface area contributed by atoms with Crippen molar-refractivity contribution < 1.29 is 4.79 Å². The second-order valence-electron chi connectivity index (χ2n) is 4.41. The predicted molar refractivity (Wildman–Crippen MR) is 106 cm³/mol. The van der Waals surface area contributed by atoms with Gasteiger partial charge in [-0.25, -0.2) is 0 Å². The lowest BCUT2D eigenvalue weighted by molar-refractivity contribution is 0.0955. The van der Waals surface area contributed by atoms with Crippen LogP contribution in [0.2, 0.25) is 0 Å². The number of nitrogens with zero attached hydrogens (tertiary/aromatic N) is 1. The van der Waals surface area contributed by atoms with E-state index in [2.05, 4.69) is 27.2 Å². The van der Waals surface area contributed by atoms with Gasteiger partial charge in [0, 0.05) is 38.0 Å². The molecule has 0 aliphatic carbocycles. The van der Waals surface area contributed by atoms with Gasteiger partial charge >= 0.3 is 0 Å². The molecule has 1 aromatic rings. The van der Waals surface area contributed by atoms with Crippen LogP contribution < -0.4 is 16.0 Å². The number of benzene rings is 1. The van der Waals surface area contributed by atoms with E-state index in [0.29, 0.717) is 18.7 Å². The molecule has 3 N–H and O–H groups in total. The number of thioether (sulfide) groups is 1. The summed E-state index contributed by atoms with van der Waals surface area (Å²) in [6.07, 6.45) is 2.07. The van der Waals surface area contributed by atoms with Crippen molar-refractivity contribution in [1.82, 2.24) is 16.0 Å². The SMILES string of the molecule is CCNC(=O)c1cccc(CNC(=NC)NCCSC)c1.I. The summed E-state index contributed by atoms with van der Waals surface area (Å²) in [5.74, 6) is 1.77. The number of guanidine groups is 1. The molecule has 0 aliphatic heterocycles. The highest BCUT2D eigenvalue weighted by atomic mass is 127. The quantitative estimate of drug-likeness (QED) is 0.265. The maximum Gasteiger partial charge on any atom is 0.251 e. The minimum absolute atomic E-state index is 0. The Bertz CT molecular complexity index is 482. The molecule has 5 nitrogen and oxygen atoms in total. The van der Waals surface area contributed by atoms with Gasteiger partial charge in [-0.15, -0.1) is 24.0 Å². The third-order valence-corrected chi connectivity index (χ3v) is 3.42. The zero-order valence-corrected chi connectivity index (χ0v) is 16.5. The van der Waals surface area contributed by atoms with Crippen molar-refractivity contribution in [2.24, 2.45) is 4.99 Å². The van der Waals surface area contributed by atoms with Crippen molar-refractivity contribution >= 4 is 47.6 Å². The summed E-state index contributed by atoms with van der Waals surface area (Å²) in [5.41, 5.74) is 1.73. The molecule has 0 saturated carbocycles. The average Bonchev–Trinajstić information content (AvgIpc) is 2.51. The maximum atomic E-state index is 11.8. The summed E-state index contributed by atoms with van der Waals surface area (Å²) in [4.78, 5) is 16.0. The molecule has 124 valence electrons. The topological polar surface area (TPSA) is 65.5 Å². The smallest absolute Gasteiger partial charge is 0.251 e. The van der Waals surface area contributed by atoms with E-state index in [1.54, 1.807) is 18.8 Å². The number of rotatable bonds is 7. The van der Waals surface area contributed by atoms with Crippen molar-refractivity contribution in [3.05, 3.63) is 35.4 Å². The first-order valence-electron chi connectivity index (χ1n) is 7.01. The molecular weight excluding hydrogens is 411 g/mol. The Morgan fingerprint density at radius 3 is 2.68 bits per heavy atom. The van der Waals surface area contributed by atoms with Crippen LogP contribution in [0.4, 0.5) is 0 Å². The fourth-order valence-corrected chi connectivity index (χ4v) is 2.07. The largest absolute Gasteiger partial charge is 0.356 e. The number of amides is 1. The van der Waals surface area contributed by atoms with E-state index in [-0.39, 0.29) is 29.9 Å². The van der Waals surface area contributed by atoms with E-state index in [4.69, 9.17) is 0 Å². The van der Waals surface area contributed by atoms with Gasteiger partial charge in [-0.05, 0) is 30.9 Å². The van der Waals surface area contributed by atoms with Crippen LogP contribution in [0.1, 0.15) is 22.8 Å². The third kappa shape index (κ3) is 7.88. The zero-order chi connectivity index (χ0) is 15.5. The Balaban J connectivity index is 0.00000441. The highest BCUT2D eigenvalue weighted by Crippen LogP contribution is 2.05. The first-order chi connectivity index (χ1) is 10.2. The van der Waals surface area contributed by atoms with Crippen LogP contribution in [-0.2, 0) is 6.54 Å². The van der Waals surface area contributed by atoms with E-state index >= 15 is 0 Å². The fourth-order valence-electron chi connectivity index (χ4n) is 1.76. The second-order valence-corrected chi connectivity index (χ2v) is 5.39. The molecule has 22 heavy (non-hydrogen) atoms. The van der Waals surface area contributed by atoms with Crippen molar-refractivity contribution in [1.29, 1.82) is 0 Å². The molecule has 1 rings (SSSR count). The molecule has 7 heteroatoms. The lowest BCUT2D eigenvalue weighted by atomic mass is 10.1. The highest BCUT2D eigenvalue weighted by molar-refractivity contribution is 14.0. The molecule has 0 aliphatic rings. The van der Waals surface area contributed by atoms with Crippen molar-refractivity contribution in [2.75, 3.05) is 32.1 Å². The molecule has 1 aromatic carbocycles. The molecule has 0 fully saturated rings. The lowest BCUT2D eigenvalue weighted by Crippen LogP contribution is -2.38. The molecule has 1 amide bonds. The van der Waals surface area contributed by atoms with Gasteiger partial charge in [-0.3, -0.25) is 9.79 Å². The van der Waals surface area contributed by atoms with Crippen LogP contribution >= 0.6 is 35.7 Å². The van der Waals surface area contributed by atoms with Gasteiger partial charge in [0.1, 0.15) is 0 Å². The maximum absolute atomic E-state index is 11.8. The van der Waals surface area contributed by atoms with E-state index in [1.807, 2.05) is 31.2 Å². The number of hydrogen-bond donors (Lipinski definition) is 3. The summed E-state index contributed by atoms with van der Waals surface area (Å²) in [7, 11) is 1.75. The number of halogens is 1. The molecule has 0 unspecified atom stereocenters. The summed E-state index contributed by atoms with van der Waals surface area (Å²) in [6.45, 7) is 4.05. The summed E-state index contributed by atoms with van der Waals surface area (Å²) in [6, 6.07) is 7.60. The first-order valence-corrected chi connectivity index (χ1v) is 8.41. The minimum Gasteiger partial charge on any atom is -0.356 e. The summed E-state index contributed by atoms with van der Waals surface area (Å²) in [5, 5.41) is 9.28. The van der Waals surface area contributed by atoms with Gasteiger partial charge in [0.25, 0.3) is 5.91 Å². The Labute approximate surface area is 154 Å². The molecule has 0 atom stereocenters. The molecule has 0 radical (unpaired) electrons. The Kier molecular flexibility index (Phi) is 12.0. The second kappa shape index (κ2) is 12.6. The van der Waals surface area contributed by atoms with E-state index in [1.165, 1.54) is 0 Å². The first kappa shape index (κ1) is 21.0.